The first kappa shape index (κ1) is 26.2. The van der Waals surface area contributed by atoms with Crippen LogP contribution in [0.1, 0.15) is 66.8 Å². The normalized spacial score (nSPS) is 20.2. The molecule has 0 spiro atoms. The molecule has 7 rings (SSSR count). The van der Waals surface area contributed by atoms with E-state index in [1.807, 2.05) is 6.92 Å². The third-order valence-corrected chi connectivity index (χ3v) is 12.1. The van der Waals surface area contributed by atoms with Gasteiger partial charge in [0.1, 0.15) is 24.6 Å². The van der Waals surface area contributed by atoms with E-state index in [-0.39, 0.29) is 19.6 Å². The van der Waals surface area contributed by atoms with Gasteiger partial charge in [-0.1, -0.05) is 0 Å². The molecule has 9 heteroatoms. The lowest BCUT2D eigenvalue weighted by Crippen LogP contribution is -2.45. The summed E-state index contributed by atoms with van der Waals surface area (Å²) in [7, 11) is -1.91. The minimum Gasteiger partial charge on any atom is -0.481 e. The second-order valence-electron chi connectivity index (χ2n) is 11.8. The monoisotopic (exact) mass is 564 g/mol. The zero-order valence-corrected chi connectivity index (χ0v) is 24.5. The number of aryl methyl sites for hydroxylation is 2. The van der Waals surface area contributed by atoms with E-state index in [1.54, 1.807) is 11.7 Å². The Labute approximate surface area is 235 Å². The van der Waals surface area contributed by atoms with Gasteiger partial charge in [0, 0.05) is 60.1 Å². The fraction of sp³-hybridized carbons (Fsp3) is 0.548. The lowest BCUT2D eigenvalue weighted by Gasteiger charge is -2.40. The van der Waals surface area contributed by atoms with Crippen molar-refractivity contribution >= 4 is 24.5 Å². The Morgan fingerprint density at radius 3 is 2.55 bits per heavy atom. The van der Waals surface area contributed by atoms with Crippen molar-refractivity contribution in [1.29, 1.82) is 0 Å². The molecule has 1 unspecified atom stereocenters. The molecule has 1 atom stereocenters. The highest BCUT2D eigenvalue weighted by molar-refractivity contribution is 7.67. The van der Waals surface area contributed by atoms with Crippen molar-refractivity contribution in [3.63, 3.8) is 0 Å². The Balaban J connectivity index is 1.58. The summed E-state index contributed by atoms with van der Waals surface area (Å²) in [4.78, 5) is 14.0. The molecule has 5 aliphatic heterocycles. The smallest absolute Gasteiger partial charge is 0.304 e. The summed E-state index contributed by atoms with van der Waals surface area (Å²) < 4.78 is 32.8. The van der Waals surface area contributed by atoms with Crippen LogP contribution in [0.3, 0.4) is 0 Å². The van der Waals surface area contributed by atoms with Crippen molar-refractivity contribution in [2.45, 2.75) is 64.7 Å². The topological polar surface area (TPSA) is 82.3 Å². The highest BCUT2D eigenvalue weighted by atomic mass is 31.2. The number of nitrogens with zero attached hydrogens (tertiary/aromatic N) is 3. The summed E-state index contributed by atoms with van der Waals surface area (Å²) in [6.07, 6.45) is 8.10. The van der Waals surface area contributed by atoms with Crippen LogP contribution in [-0.2, 0) is 39.6 Å². The first-order valence-electron chi connectivity index (χ1n) is 15.0. The van der Waals surface area contributed by atoms with Crippen LogP contribution in [-0.4, -0.2) is 62.1 Å². The Hall–Kier alpha value is -2.67. The van der Waals surface area contributed by atoms with Gasteiger partial charge in [-0.15, -0.1) is 0 Å². The number of hydrogen-bond acceptors (Lipinski definition) is 5. The third kappa shape index (κ3) is 3.98. The molecule has 40 heavy (non-hydrogen) atoms. The summed E-state index contributed by atoms with van der Waals surface area (Å²) in [5.74, 6) is 0.761. The highest BCUT2D eigenvalue weighted by Crippen LogP contribution is 2.64. The number of fused-ring (bicyclic) bond motifs is 4. The summed E-state index contributed by atoms with van der Waals surface area (Å²) in [5, 5.41) is 12.3. The van der Waals surface area contributed by atoms with Gasteiger partial charge in [-0.2, -0.15) is 0 Å². The van der Waals surface area contributed by atoms with E-state index in [9.17, 15) is 9.90 Å². The number of carboxylic acid groups (broad SMARTS) is 1. The van der Waals surface area contributed by atoms with E-state index in [1.165, 1.54) is 33.3 Å². The second-order valence-corrected chi connectivity index (χ2v) is 14.2. The molecule has 0 aromatic heterocycles. The van der Waals surface area contributed by atoms with Gasteiger partial charge >= 0.3 is 13.5 Å². The Morgan fingerprint density at radius 2 is 1.77 bits per heavy atom. The molecule has 5 heterocycles. The van der Waals surface area contributed by atoms with Crippen LogP contribution in [0.15, 0.2) is 12.1 Å². The van der Waals surface area contributed by atoms with Crippen LogP contribution in [0.2, 0.25) is 0 Å². The van der Waals surface area contributed by atoms with Crippen LogP contribution in [0.25, 0.3) is 5.31 Å². The van der Waals surface area contributed by atoms with Crippen molar-refractivity contribution in [3.8, 4) is 11.5 Å². The van der Waals surface area contributed by atoms with Crippen molar-refractivity contribution in [3.05, 3.63) is 50.5 Å². The number of carbonyl (C=O) groups is 1. The quantitative estimate of drug-likeness (QED) is 0.406. The molecular formula is C31H39N3O5P+. The maximum atomic E-state index is 15.3. The van der Waals surface area contributed by atoms with Gasteiger partial charge in [0.15, 0.2) is 0 Å². The largest absolute Gasteiger partial charge is 0.481 e. The molecule has 5 aliphatic rings. The molecule has 0 fully saturated rings. The first-order valence-corrected chi connectivity index (χ1v) is 16.6. The maximum Gasteiger partial charge on any atom is 0.304 e. The standard InChI is InChI=1S/C31H38N3O5P/c1-3-38-40(37,32(2)17-12-26(35)36)31-24-18-20-8-4-13-33-15-6-10-22(27(20)33)29(24)39-30-23-11-7-16-34-14-5-9-21(28(23)34)19-25(30)31/h18-19H,3-17H2,1-2H3/p+1. The van der Waals surface area contributed by atoms with E-state index in [4.69, 9.17) is 9.26 Å². The first-order chi connectivity index (χ1) is 19.4. The van der Waals surface area contributed by atoms with E-state index >= 15 is 4.57 Å². The fourth-order valence-corrected chi connectivity index (χ4v) is 10.0. The second kappa shape index (κ2) is 10.0. The zero-order chi connectivity index (χ0) is 27.6. The molecule has 2 aromatic carbocycles. The molecule has 8 nitrogen and oxygen atoms in total. The number of benzene rings is 2. The zero-order valence-electron chi connectivity index (χ0n) is 23.6. The number of hydrogen-bond donors (Lipinski definition) is 1. The molecule has 0 saturated heterocycles. The highest BCUT2D eigenvalue weighted by Gasteiger charge is 2.43. The molecule has 0 radical (unpaired) electrons. The van der Waals surface area contributed by atoms with Crippen LogP contribution >= 0.6 is 7.52 Å². The van der Waals surface area contributed by atoms with Gasteiger partial charge in [0.25, 0.3) is 0 Å². The molecule has 1 N–H and O–H groups in total. The van der Waals surface area contributed by atoms with Gasteiger partial charge < -0.3 is 19.3 Å². The average Bonchev–Trinajstić information content (AvgIpc) is 2.95. The molecule has 0 saturated carbocycles. The third-order valence-electron chi connectivity index (χ3n) is 9.34. The van der Waals surface area contributed by atoms with Crippen molar-refractivity contribution in [1.82, 2.24) is 9.25 Å². The summed E-state index contributed by atoms with van der Waals surface area (Å²) in [6, 6.07) is 4.44. The number of aliphatic carboxylic acids is 1. The predicted molar refractivity (Wildman–Crippen MR) is 155 cm³/mol. The predicted octanol–water partition coefficient (Wildman–Crippen LogP) is 3.67. The van der Waals surface area contributed by atoms with Crippen molar-refractivity contribution < 1.29 is 23.7 Å². The minimum atomic E-state index is -3.65. The molecule has 2 aromatic rings. The van der Waals surface area contributed by atoms with Crippen LogP contribution in [0, 0.1) is 0 Å². The number of rotatable bonds is 7. The summed E-state index contributed by atoms with van der Waals surface area (Å²) in [5.41, 5.74) is 7.25. The Morgan fingerprint density at radius 1 is 1.05 bits per heavy atom. The lowest BCUT2D eigenvalue weighted by molar-refractivity contribution is -0.137. The average molecular weight is 565 g/mol. The Kier molecular flexibility index (Phi) is 6.56. The molecular weight excluding hydrogens is 525 g/mol. The van der Waals surface area contributed by atoms with Gasteiger partial charge in [0.05, 0.1) is 23.9 Å². The van der Waals surface area contributed by atoms with Crippen molar-refractivity contribution in [2.75, 3.05) is 51.3 Å². The summed E-state index contributed by atoms with van der Waals surface area (Å²) in [6.45, 7) is 6.52. The molecule has 0 amide bonds. The van der Waals surface area contributed by atoms with E-state index in [0.717, 1.165) is 99.8 Å². The SMILES string of the molecule is CCOP(=O)(C1=c2cc3c4c(c2Oc2c1cc1c5c2CCCN5CCC1)CCC[N+]=4CCC3)N(C)CCC(=O)O. The van der Waals surface area contributed by atoms with Gasteiger partial charge in [-0.3, -0.25) is 9.36 Å². The van der Waals surface area contributed by atoms with E-state index in [0.29, 0.717) is 5.31 Å². The van der Waals surface area contributed by atoms with Gasteiger partial charge in [0.2, 0.25) is 5.36 Å². The van der Waals surface area contributed by atoms with Gasteiger partial charge in [-0.25, -0.2) is 9.25 Å². The van der Waals surface area contributed by atoms with Crippen molar-refractivity contribution in [2.24, 2.45) is 0 Å². The molecule has 212 valence electrons. The minimum absolute atomic E-state index is 0.105. The van der Waals surface area contributed by atoms with Crippen LogP contribution in [0.4, 0.5) is 5.69 Å². The van der Waals surface area contributed by atoms with Gasteiger partial charge in [-0.05, 0) is 70.2 Å². The fourth-order valence-electron chi connectivity index (χ4n) is 7.70. The van der Waals surface area contributed by atoms with E-state index in [2.05, 4.69) is 21.6 Å². The molecule has 0 bridgehead atoms. The van der Waals surface area contributed by atoms with Crippen LogP contribution < -0.4 is 24.8 Å². The summed E-state index contributed by atoms with van der Waals surface area (Å²) >= 11 is 0. The number of carboxylic acids is 1. The Bertz CT molecular complexity index is 1590. The lowest BCUT2D eigenvalue weighted by atomic mass is 9.87. The maximum absolute atomic E-state index is 15.3. The van der Waals surface area contributed by atoms with Crippen LogP contribution in [0.5, 0.6) is 11.5 Å². The number of anilines is 1. The number of ether oxygens (including phenoxy) is 1. The molecule has 0 aliphatic carbocycles. The van der Waals surface area contributed by atoms with E-state index < -0.39 is 13.5 Å².